The Morgan fingerprint density at radius 1 is 0.926 bits per heavy atom. The molecule has 0 aliphatic carbocycles. The van der Waals surface area contributed by atoms with Crippen LogP contribution in [0.1, 0.15) is 16.7 Å². The molecule has 0 spiro atoms. The third-order valence-electron chi connectivity index (χ3n) is 4.11. The summed E-state index contributed by atoms with van der Waals surface area (Å²) in [6.45, 7) is 0.566. The number of hydrogen-bond donors (Lipinski definition) is 2. The van der Waals surface area contributed by atoms with Gasteiger partial charge in [0.2, 0.25) is 0 Å². The first-order chi connectivity index (χ1) is 13.2. The van der Waals surface area contributed by atoms with Crippen molar-refractivity contribution in [1.29, 1.82) is 0 Å². The van der Waals surface area contributed by atoms with Crippen LogP contribution in [0, 0.1) is 0 Å². The number of hydrogen-bond acceptors (Lipinski definition) is 5. The minimum absolute atomic E-state index is 0.0373. The van der Waals surface area contributed by atoms with Gasteiger partial charge in [-0.25, -0.2) is 0 Å². The number of nitrogens with zero attached hydrogens (tertiary/aromatic N) is 1. The maximum atomic E-state index is 10.6. The fourth-order valence-corrected chi connectivity index (χ4v) is 2.76. The molecular weight excluding hydrogens is 340 g/mol. The van der Waals surface area contributed by atoms with E-state index in [-0.39, 0.29) is 5.75 Å². The SMILES string of the molecule is COc1cc(O)c(/C(=N/NCc2ccccc2)c2ccccc2)c(OC)c1. The summed E-state index contributed by atoms with van der Waals surface area (Å²) < 4.78 is 10.7. The van der Waals surface area contributed by atoms with E-state index in [9.17, 15) is 5.11 Å². The van der Waals surface area contributed by atoms with E-state index in [0.717, 1.165) is 11.1 Å². The molecule has 0 fully saturated rings. The van der Waals surface area contributed by atoms with Crippen LogP contribution < -0.4 is 14.9 Å². The normalized spacial score (nSPS) is 11.1. The first kappa shape index (κ1) is 18.3. The zero-order valence-electron chi connectivity index (χ0n) is 15.3. The Morgan fingerprint density at radius 2 is 1.59 bits per heavy atom. The molecule has 3 aromatic carbocycles. The number of methoxy groups -OCH3 is 2. The van der Waals surface area contributed by atoms with E-state index < -0.39 is 0 Å². The highest BCUT2D eigenvalue weighted by Crippen LogP contribution is 2.35. The van der Waals surface area contributed by atoms with Crippen LogP contribution >= 0.6 is 0 Å². The van der Waals surface area contributed by atoms with Crippen molar-refractivity contribution in [1.82, 2.24) is 5.43 Å². The van der Waals surface area contributed by atoms with E-state index >= 15 is 0 Å². The summed E-state index contributed by atoms with van der Waals surface area (Å²) >= 11 is 0. The smallest absolute Gasteiger partial charge is 0.135 e. The van der Waals surface area contributed by atoms with Gasteiger partial charge in [-0.15, -0.1) is 0 Å². The van der Waals surface area contributed by atoms with Gasteiger partial charge < -0.3 is 20.0 Å². The first-order valence-electron chi connectivity index (χ1n) is 8.58. The van der Waals surface area contributed by atoms with Gasteiger partial charge >= 0.3 is 0 Å². The number of ether oxygens (including phenoxy) is 2. The van der Waals surface area contributed by atoms with Crippen LogP contribution in [0.3, 0.4) is 0 Å². The Morgan fingerprint density at radius 3 is 2.22 bits per heavy atom. The highest BCUT2D eigenvalue weighted by Gasteiger charge is 2.19. The van der Waals surface area contributed by atoms with E-state index in [2.05, 4.69) is 10.5 Å². The van der Waals surface area contributed by atoms with Crippen molar-refractivity contribution in [2.45, 2.75) is 6.54 Å². The number of benzene rings is 3. The quantitative estimate of drug-likeness (QED) is 0.493. The molecule has 0 amide bonds. The molecule has 0 atom stereocenters. The van der Waals surface area contributed by atoms with Gasteiger partial charge in [-0.3, -0.25) is 0 Å². The lowest BCUT2D eigenvalue weighted by Gasteiger charge is -2.15. The van der Waals surface area contributed by atoms with Gasteiger partial charge in [-0.2, -0.15) is 5.10 Å². The van der Waals surface area contributed by atoms with E-state index in [0.29, 0.717) is 29.3 Å². The Labute approximate surface area is 158 Å². The summed E-state index contributed by atoms with van der Waals surface area (Å²) in [7, 11) is 3.10. The van der Waals surface area contributed by atoms with E-state index in [4.69, 9.17) is 9.47 Å². The van der Waals surface area contributed by atoms with Crippen LogP contribution in [0.5, 0.6) is 17.2 Å². The second kappa shape index (κ2) is 8.76. The lowest BCUT2D eigenvalue weighted by atomic mass is 10.00. The van der Waals surface area contributed by atoms with Crippen LogP contribution in [0.2, 0.25) is 0 Å². The minimum Gasteiger partial charge on any atom is -0.507 e. The Hall–Kier alpha value is -3.47. The van der Waals surface area contributed by atoms with Crippen molar-refractivity contribution in [3.05, 3.63) is 89.5 Å². The van der Waals surface area contributed by atoms with Crippen molar-refractivity contribution >= 4 is 5.71 Å². The number of hydrazone groups is 1. The second-order valence-electron chi connectivity index (χ2n) is 5.87. The second-order valence-corrected chi connectivity index (χ2v) is 5.87. The van der Waals surface area contributed by atoms with Gasteiger partial charge in [0.25, 0.3) is 0 Å². The molecule has 3 rings (SSSR count). The molecule has 3 aromatic rings. The summed E-state index contributed by atoms with van der Waals surface area (Å²) in [5, 5.41) is 15.2. The summed E-state index contributed by atoms with van der Waals surface area (Å²) in [5.74, 6) is 1.03. The number of phenolic OH excluding ortho intramolecular Hbond substituents is 1. The van der Waals surface area contributed by atoms with Gasteiger partial charge in [0, 0.05) is 17.7 Å². The molecule has 5 nitrogen and oxygen atoms in total. The predicted octanol–water partition coefficient (Wildman–Crippen LogP) is 3.95. The molecule has 0 heterocycles. The molecule has 0 saturated carbocycles. The predicted molar refractivity (Wildman–Crippen MR) is 107 cm³/mol. The number of phenols is 1. The molecule has 0 radical (unpaired) electrons. The Bertz CT molecular complexity index is 910. The van der Waals surface area contributed by atoms with Gasteiger partial charge in [0.1, 0.15) is 23.0 Å². The minimum atomic E-state index is 0.0373. The van der Waals surface area contributed by atoms with E-state index in [1.165, 1.54) is 0 Å². The van der Waals surface area contributed by atoms with Crippen LogP contribution in [0.25, 0.3) is 0 Å². The van der Waals surface area contributed by atoms with Crippen molar-refractivity contribution in [3.8, 4) is 17.2 Å². The Kier molecular flexibility index (Phi) is 5.94. The molecule has 0 saturated heterocycles. The maximum absolute atomic E-state index is 10.6. The summed E-state index contributed by atoms with van der Waals surface area (Å²) in [5.41, 5.74) is 6.16. The van der Waals surface area contributed by atoms with Gasteiger partial charge in [-0.1, -0.05) is 60.7 Å². The van der Waals surface area contributed by atoms with Crippen molar-refractivity contribution in [2.75, 3.05) is 14.2 Å². The highest BCUT2D eigenvalue weighted by molar-refractivity contribution is 6.16. The van der Waals surface area contributed by atoms with Crippen molar-refractivity contribution in [3.63, 3.8) is 0 Å². The molecule has 27 heavy (non-hydrogen) atoms. The molecule has 138 valence electrons. The number of aromatic hydroxyl groups is 1. The van der Waals surface area contributed by atoms with E-state index in [1.54, 1.807) is 26.4 Å². The summed E-state index contributed by atoms with van der Waals surface area (Å²) in [6.07, 6.45) is 0. The van der Waals surface area contributed by atoms with E-state index in [1.807, 2.05) is 60.7 Å². The van der Waals surface area contributed by atoms with Gasteiger partial charge in [-0.05, 0) is 5.56 Å². The average molecular weight is 362 g/mol. The average Bonchev–Trinajstić information content (AvgIpc) is 2.72. The standard InChI is InChI=1S/C22H22N2O3/c1-26-18-13-19(25)21(20(14-18)27-2)22(17-11-7-4-8-12-17)24-23-15-16-9-5-3-6-10-16/h3-14,23,25H,15H2,1-2H3/b24-22+. The fraction of sp³-hybridized carbons (Fsp3) is 0.136. The maximum Gasteiger partial charge on any atom is 0.135 e. The highest BCUT2D eigenvalue weighted by atomic mass is 16.5. The fourth-order valence-electron chi connectivity index (χ4n) is 2.76. The molecule has 5 heteroatoms. The molecule has 0 aromatic heterocycles. The molecule has 0 aliphatic heterocycles. The first-order valence-corrected chi connectivity index (χ1v) is 8.58. The molecule has 2 N–H and O–H groups in total. The van der Waals surface area contributed by atoms with Crippen molar-refractivity contribution in [2.24, 2.45) is 5.10 Å². The van der Waals surface area contributed by atoms with Crippen LogP contribution in [-0.4, -0.2) is 25.0 Å². The summed E-state index contributed by atoms with van der Waals surface area (Å²) in [4.78, 5) is 0. The third-order valence-corrected chi connectivity index (χ3v) is 4.11. The Balaban J connectivity index is 2.02. The molecular formula is C22H22N2O3. The van der Waals surface area contributed by atoms with Crippen LogP contribution in [0.15, 0.2) is 77.9 Å². The molecule has 0 aliphatic rings. The van der Waals surface area contributed by atoms with Gasteiger partial charge in [0.15, 0.2) is 0 Å². The largest absolute Gasteiger partial charge is 0.507 e. The monoisotopic (exact) mass is 362 g/mol. The number of rotatable bonds is 7. The van der Waals surface area contributed by atoms with Crippen LogP contribution in [-0.2, 0) is 6.54 Å². The lowest BCUT2D eigenvalue weighted by Crippen LogP contribution is -2.14. The zero-order chi connectivity index (χ0) is 19.1. The molecule has 0 unspecified atom stereocenters. The third kappa shape index (κ3) is 4.39. The molecule has 0 bridgehead atoms. The zero-order valence-corrected chi connectivity index (χ0v) is 15.3. The lowest BCUT2D eigenvalue weighted by molar-refractivity contribution is 0.384. The van der Waals surface area contributed by atoms with Crippen molar-refractivity contribution < 1.29 is 14.6 Å². The number of nitrogens with one attached hydrogen (secondary N) is 1. The topological polar surface area (TPSA) is 63.1 Å². The summed E-state index contributed by atoms with van der Waals surface area (Å²) in [6, 6.07) is 22.9. The van der Waals surface area contributed by atoms with Crippen LogP contribution in [0.4, 0.5) is 0 Å². The van der Waals surface area contributed by atoms with Gasteiger partial charge in [0.05, 0.1) is 26.3 Å².